The van der Waals surface area contributed by atoms with E-state index in [0.717, 1.165) is 83.1 Å². The number of hydrogen-bond acceptors (Lipinski definition) is 0. The molecule has 2 heterocycles. The Labute approximate surface area is 411 Å². The number of nitrogens with zero attached hydrogens (tertiary/aromatic N) is 2. The number of aromatic nitrogens is 2. The third-order valence-corrected chi connectivity index (χ3v) is 14.3. The van der Waals surface area contributed by atoms with Crippen LogP contribution in [0, 0.1) is 0 Å². The lowest BCUT2D eigenvalue weighted by Crippen LogP contribution is -2.28. The first-order valence-corrected chi connectivity index (χ1v) is 23.4. The van der Waals surface area contributed by atoms with Gasteiger partial charge in [0, 0.05) is 32.8 Å². The van der Waals surface area contributed by atoms with Gasteiger partial charge >= 0.3 is 0 Å². The van der Waals surface area contributed by atoms with Crippen molar-refractivity contribution in [2.75, 3.05) is 0 Å². The molecular weight excluding hydrogens is 833 g/mol. The molecule has 0 atom stereocenters. The Morgan fingerprint density at radius 1 is 0.333 bits per heavy atom. The van der Waals surface area contributed by atoms with Crippen LogP contribution in [0.15, 0.2) is 267 Å². The second-order valence-corrected chi connectivity index (χ2v) is 17.8. The Bertz CT molecular complexity index is 4480. The number of rotatable bonds is 7. The third kappa shape index (κ3) is 5.86. The quantitative estimate of drug-likeness (QED) is 0.151. The van der Waals surface area contributed by atoms with E-state index in [2.05, 4.69) is 150 Å². The van der Waals surface area contributed by atoms with Crippen molar-refractivity contribution in [2.24, 2.45) is 0 Å². The van der Waals surface area contributed by atoms with E-state index in [4.69, 9.17) is 2.74 Å². The van der Waals surface area contributed by atoms with Crippen molar-refractivity contribution in [1.82, 2.24) is 9.13 Å². The van der Waals surface area contributed by atoms with Gasteiger partial charge in [-0.25, -0.2) is 0 Å². The van der Waals surface area contributed by atoms with Crippen LogP contribution < -0.4 is 0 Å². The average molecular weight is 884 g/mol. The van der Waals surface area contributed by atoms with Crippen LogP contribution in [0.1, 0.15) is 31.8 Å². The second-order valence-electron chi connectivity index (χ2n) is 17.8. The van der Waals surface area contributed by atoms with Gasteiger partial charge in [0.05, 0.1) is 42.8 Å². The summed E-state index contributed by atoms with van der Waals surface area (Å²) in [4.78, 5) is 0. The molecule has 0 spiro atoms. The molecular formula is C67H44N2. The molecule has 0 saturated carbocycles. The van der Waals surface area contributed by atoms with Gasteiger partial charge in [0.25, 0.3) is 0 Å². The summed E-state index contributed by atoms with van der Waals surface area (Å²) in [5.41, 5.74) is 14.7. The van der Waals surface area contributed by atoms with Gasteiger partial charge in [0.2, 0.25) is 0 Å². The van der Waals surface area contributed by atoms with Crippen LogP contribution in [0.5, 0.6) is 0 Å². The predicted molar refractivity (Wildman–Crippen MR) is 289 cm³/mol. The molecule has 322 valence electrons. The lowest BCUT2D eigenvalue weighted by atomic mass is 9.68. The fourth-order valence-corrected chi connectivity index (χ4v) is 11.4. The maximum absolute atomic E-state index is 10.2. The number of fused-ring (bicyclic) bond motifs is 9. The summed E-state index contributed by atoms with van der Waals surface area (Å²) in [5, 5.41) is 2.20. The molecule has 13 aromatic rings. The highest BCUT2D eigenvalue weighted by Gasteiger charge is 2.45. The van der Waals surface area contributed by atoms with Crippen molar-refractivity contribution in [3.63, 3.8) is 0 Å². The van der Waals surface area contributed by atoms with Crippen LogP contribution in [-0.4, -0.2) is 9.13 Å². The van der Waals surface area contributed by atoms with E-state index in [0.29, 0.717) is 11.3 Å². The van der Waals surface area contributed by atoms with E-state index < -0.39 is 17.5 Å². The number of benzene rings is 11. The second kappa shape index (κ2) is 15.6. The van der Waals surface area contributed by atoms with Gasteiger partial charge in [0.1, 0.15) is 0 Å². The van der Waals surface area contributed by atoms with E-state index in [9.17, 15) is 6.85 Å². The van der Waals surface area contributed by atoms with Crippen LogP contribution in [-0.2, 0) is 5.41 Å². The monoisotopic (exact) mass is 883 g/mol. The van der Waals surface area contributed by atoms with Crippen LogP contribution >= 0.6 is 0 Å². The SMILES string of the molecule is [2H]c1c([2H])c([2H])c2c(c1[2H])c1c([2H])c(-c3ccc4c(c3)c3c(-c5ccccc5)cccc3n4-c3ccccc3-c3ccccc3)c([2H])c([2H])c1n2-c1ccc(C2(c3ccccc3)c3ccccc3-c3ccccc32)cc1. The van der Waals surface area contributed by atoms with Gasteiger partial charge in [-0.3, -0.25) is 0 Å². The Kier molecular flexibility index (Phi) is 7.36. The van der Waals surface area contributed by atoms with Crippen molar-refractivity contribution in [1.29, 1.82) is 0 Å². The molecule has 14 rings (SSSR count). The summed E-state index contributed by atoms with van der Waals surface area (Å²) in [6.07, 6.45) is 0. The van der Waals surface area contributed by atoms with Gasteiger partial charge < -0.3 is 9.13 Å². The molecule has 1 aliphatic rings. The molecule has 69 heavy (non-hydrogen) atoms. The summed E-state index contributed by atoms with van der Waals surface area (Å²) in [7, 11) is 0. The van der Waals surface area contributed by atoms with Gasteiger partial charge in [-0.15, -0.1) is 0 Å². The van der Waals surface area contributed by atoms with Crippen LogP contribution in [0.2, 0.25) is 0 Å². The Morgan fingerprint density at radius 2 is 0.913 bits per heavy atom. The third-order valence-electron chi connectivity index (χ3n) is 14.3. The van der Waals surface area contributed by atoms with Crippen LogP contribution in [0.25, 0.3) is 99.5 Å². The highest BCUT2D eigenvalue weighted by Crippen LogP contribution is 2.56. The van der Waals surface area contributed by atoms with E-state index in [1.54, 1.807) is 4.57 Å². The molecule has 1 aliphatic carbocycles. The van der Waals surface area contributed by atoms with E-state index >= 15 is 0 Å². The lowest BCUT2D eigenvalue weighted by Gasteiger charge is -2.34. The largest absolute Gasteiger partial charge is 0.309 e. The average Bonchev–Trinajstić information content (AvgIpc) is 4.26. The van der Waals surface area contributed by atoms with Crippen molar-refractivity contribution in [2.45, 2.75) is 5.41 Å². The highest BCUT2D eigenvalue weighted by atomic mass is 15.0. The zero-order valence-electron chi connectivity index (χ0n) is 44.3. The van der Waals surface area contributed by atoms with Crippen molar-refractivity contribution in [3.8, 4) is 55.9 Å². The summed E-state index contributed by atoms with van der Waals surface area (Å²) < 4.78 is 70.8. The molecule has 2 heteroatoms. The van der Waals surface area contributed by atoms with Crippen molar-refractivity contribution in [3.05, 3.63) is 289 Å². The molecule has 0 saturated heterocycles. The molecule has 0 fully saturated rings. The molecule has 0 N–H and O–H groups in total. The molecule has 0 amide bonds. The number of para-hydroxylation sites is 2. The van der Waals surface area contributed by atoms with Crippen LogP contribution in [0.3, 0.4) is 0 Å². The first-order valence-electron chi connectivity index (χ1n) is 26.9. The maximum Gasteiger partial charge on any atom is 0.0713 e. The Morgan fingerprint density at radius 3 is 1.64 bits per heavy atom. The smallest absolute Gasteiger partial charge is 0.0713 e. The molecule has 2 aromatic heterocycles. The number of hydrogen-bond donors (Lipinski definition) is 0. The van der Waals surface area contributed by atoms with Crippen molar-refractivity contribution < 1.29 is 9.60 Å². The zero-order chi connectivity index (χ0) is 51.6. The molecule has 0 bridgehead atoms. The lowest BCUT2D eigenvalue weighted by molar-refractivity contribution is 0.768. The van der Waals surface area contributed by atoms with Crippen LogP contribution in [0.4, 0.5) is 0 Å². The predicted octanol–water partition coefficient (Wildman–Crippen LogP) is 17.2. The summed E-state index contributed by atoms with van der Waals surface area (Å²) in [5.74, 6) is 0. The summed E-state index contributed by atoms with van der Waals surface area (Å²) >= 11 is 0. The van der Waals surface area contributed by atoms with E-state index in [1.165, 1.54) is 0 Å². The first kappa shape index (κ1) is 32.7. The zero-order valence-corrected chi connectivity index (χ0v) is 37.3. The Balaban J connectivity index is 1.02. The minimum absolute atomic E-state index is 0.0932. The summed E-state index contributed by atoms with van der Waals surface area (Å²) in [6, 6.07) is 74.8. The van der Waals surface area contributed by atoms with Gasteiger partial charge in [-0.1, -0.05) is 212 Å². The molecule has 0 aliphatic heterocycles. The van der Waals surface area contributed by atoms with Gasteiger partial charge in [-0.2, -0.15) is 0 Å². The summed E-state index contributed by atoms with van der Waals surface area (Å²) in [6.45, 7) is 0. The Hall–Kier alpha value is -8.98. The maximum atomic E-state index is 10.2. The van der Waals surface area contributed by atoms with E-state index in [1.807, 2.05) is 78.9 Å². The molecule has 11 aromatic carbocycles. The van der Waals surface area contributed by atoms with Gasteiger partial charge in [0.15, 0.2) is 0 Å². The van der Waals surface area contributed by atoms with E-state index in [-0.39, 0.29) is 57.6 Å². The standard InChI is InChI=1S/C67H44N2/c1-4-19-45(20-5-1)52-25-12-16-32-61(52)69-64-42-36-48(44-58(64)66-53(29-18-34-65(66)69)46-21-6-2-7-22-46)47-35-41-63-57(43-47)56-28-13-17-33-62(56)68(63)51-39-37-50(38-40-51)67(49-23-8-3-9-24-49)59-30-14-10-26-54(59)55-27-11-15-31-60(55)67/h1-44H/i13D,17D,28D,33D,35D,41D,43D. The fourth-order valence-electron chi connectivity index (χ4n) is 11.4. The minimum Gasteiger partial charge on any atom is -0.309 e. The molecule has 0 radical (unpaired) electrons. The van der Waals surface area contributed by atoms with Gasteiger partial charge in [-0.05, 0) is 116 Å². The fraction of sp³-hybridized carbons (Fsp3) is 0.0149. The topological polar surface area (TPSA) is 9.86 Å². The van der Waals surface area contributed by atoms with Crippen molar-refractivity contribution >= 4 is 43.6 Å². The molecule has 0 unspecified atom stereocenters. The normalized spacial score (nSPS) is 14.2. The molecule has 2 nitrogen and oxygen atoms in total. The first-order chi connectivity index (χ1) is 37.2. The highest BCUT2D eigenvalue weighted by molar-refractivity contribution is 6.17. The minimum atomic E-state index is -0.685.